The van der Waals surface area contributed by atoms with Crippen molar-refractivity contribution in [3.8, 4) is 5.75 Å². The Morgan fingerprint density at radius 2 is 1.77 bits per heavy atom. The molecule has 1 spiro atoms. The van der Waals surface area contributed by atoms with E-state index in [0.717, 1.165) is 63.8 Å². The SMILES string of the molecule is COc1ccc(CN2CCC3(CC2)C(=O)N(C)CCN3CC2CC2)cc1. The third kappa shape index (κ3) is 3.47. The highest BCUT2D eigenvalue weighted by molar-refractivity contribution is 5.87. The smallest absolute Gasteiger partial charge is 0.242 e. The van der Waals surface area contributed by atoms with Crippen LogP contribution in [0.4, 0.5) is 0 Å². The lowest BCUT2D eigenvalue weighted by Gasteiger charge is -2.52. The number of hydrogen-bond donors (Lipinski definition) is 0. The second kappa shape index (κ2) is 7.20. The van der Waals surface area contributed by atoms with Gasteiger partial charge in [-0.25, -0.2) is 0 Å². The van der Waals surface area contributed by atoms with Gasteiger partial charge in [-0.2, -0.15) is 0 Å². The minimum absolute atomic E-state index is 0.244. The molecule has 26 heavy (non-hydrogen) atoms. The Labute approximate surface area is 156 Å². The first kappa shape index (κ1) is 17.8. The van der Waals surface area contributed by atoms with Crippen LogP contribution in [0.5, 0.6) is 5.75 Å². The molecule has 3 aliphatic rings. The van der Waals surface area contributed by atoms with Gasteiger partial charge in [-0.3, -0.25) is 14.6 Å². The summed E-state index contributed by atoms with van der Waals surface area (Å²) in [6.07, 6.45) is 4.61. The lowest BCUT2D eigenvalue weighted by atomic mass is 9.82. The summed E-state index contributed by atoms with van der Waals surface area (Å²) in [6, 6.07) is 8.33. The van der Waals surface area contributed by atoms with Crippen LogP contribution in [-0.4, -0.2) is 73.0 Å². The van der Waals surface area contributed by atoms with Crippen molar-refractivity contribution in [3.05, 3.63) is 29.8 Å². The molecule has 0 unspecified atom stereocenters. The van der Waals surface area contributed by atoms with E-state index >= 15 is 0 Å². The molecule has 5 heteroatoms. The summed E-state index contributed by atoms with van der Waals surface area (Å²) in [6.45, 7) is 5.98. The van der Waals surface area contributed by atoms with Gasteiger partial charge in [-0.1, -0.05) is 12.1 Å². The van der Waals surface area contributed by atoms with Crippen molar-refractivity contribution in [1.82, 2.24) is 14.7 Å². The zero-order valence-corrected chi connectivity index (χ0v) is 16.1. The molecule has 4 rings (SSSR count). The largest absolute Gasteiger partial charge is 0.497 e. The summed E-state index contributed by atoms with van der Waals surface area (Å²) in [5.41, 5.74) is 1.06. The van der Waals surface area contributed by atoms with Crippen LogP contribution in [0.25, 0.3) is 0 Å². The third-order valence-electron chi connectivity index (χ3n) is 6.48. The van der Waals surface area contributed by atoms with Gasteiger partial charge < -0.3 is 9.64 Å². The standard InChI is InChI=1S/C21H31N3O2/c1-22-13-14-24(16-18-3-4-18)21(20(22)25)9-11-23(12-10-21)15-17-5-7-19(26-2)8-6-17/h5-8,18H,3-4,9-16H2,1-2H3. The van der Waals surface area contributed by atoms with Gasteiger partial charge in [0.25, 0.3) is 0 Å². The van der Waals surface area contributed by atoms with Crippen LogP contribution in [0, 0.1) is 5.92 Å². The number of likely N-dealkylation sites (N-methyl/N-ethyl adjacent to an activating group) is 1. The summed E-state index contributed by atoms with van der Waals surface area (Å²) in [5.74, 6) is 2.09. The van der Waals surface area contributed by atoms with Gasteiger partial charge in [0, 0.05) is 46.3 Å². The fourth-order valence-corrected chi connectivity index (χ4v) is 4.56. The first-order chi connectivity index (χ1) is 12.6. The van der Waals surface area contributed by atoms with E-state index in [0.29, 0.717) is 5.91 Å². The van der Waals surface area contributed by atoms with Gasteiger partial charge in [0.05, 0.1) is 7.11 Å². The molecule has 2 heterocycles. The molecule has 2 saturated heterocycles. The molecule has 3 fully saturated rings. The second-order valence-corrected chi connectivity index (χ2v) is 8.27. The number of benzene rings is 1. The number of piperidine rings is 1. The van der Waals surface area contributed by atoms with Crippen LogP contribution in [0.2, 0.25) is 0 Å². The Morgan fingerprint density at radius 3 is 2.38 bits per heavy atom. The van der Waals surface area contributed by atoms with Crippen LogP contribution < -0.4 is 4.74 Å². The summed E-state index contributed by atoms with van der Waals surface area (Å²) in [4.78, 5) is 20.1. The van der Waals surface area contributed by atoms with Gasteiger partial charge in [0.15, 0.2) is 0 Å². The molecule has 2 aliphatic heterocycles. The molecule has 0 radical (unpaired) electrons. The number of rotatable bonds is 5. The van der Waals surface area contributed by atoms with Crippen molar-refractivity contribution in [1.29, 1.82) is 0 Å². The Morgan fingerprint density at radius 1 is 1.08 bits per heavy atom. The van der Waals surface area contributed by atoms with Crippen molar-refractivity contribution in [2.45, 2.75) is 37.8 Å². The molecule has 5 nitrogen and oxygen atoms in total. The summed E-state index contributed by atoms with van der Waals surface area (Å²) >= 11 is 0. The van der Waals surface area contributed by atoms with Crippen LogP contribution in [0.3, 0.4) is 0 Å². The van der Waals surface area contributed by atoms with Gasteiger partial charge in [-0.05, 0) is 49.3 Å². The maximum absolute atomic E-state index is 13.1. The molecule has 1 saturated carbocycles. The fraction of sp³-hybridized carbons (Fsp3) is 0.667. The summed E-state index contributed by atoms with van der Waals surface area (Å²) < 4.78 is 5.24. The van der Waals surface area contributed by atoms with E-state index in [-0.39, 0.29) is 5.54 Å². The lowest BCUT2D eigenvalue weighted by Crippen LogP contribution is -2.68. The highest BCUT2D eigenvalue weighted by atomic mass is 16.5. The number of piperazine rings is 1. The van der Waals surface area contributed by atoms with E-state index in [4.69, 9.17) is 4.74 Å². The number of amides is 1. The Hall–Kier alpha value is -1.59. The monoisotopic (exact) mass is 357 g/mol. The highest BCUT2D eigenvalue weighted by Gasteiger charge is 2.50. The van der Waals surface area contributed by atoms with Crippen molar-refractivity contribution in [2.75, 3.05) is 46.9 Å². The molecule has 1 aromatic rings. The van der Waals surface area contributed by atoms with E-state index in [1.807, 2.05) is 24.1 Å². The average molecular weight is 357 g/mol. The first-order valence-electron chi connectivity index (χ1n) is 9.97. The topological polar surface area (TPSA) is 36.0 Å². The molecule has 0 aromatic heterocycles. The molecule has 0 N–H and O–H groups in total. The van der Waals surface area contributed by atoms with E-state index < -0.39 is 0 Å². The second-order valence-electron chi connectivity index (χ2n) is 8.27. The van der Waals surface area contributed by atoms with Gasteiger partial charge in [0.2, 0.25) is 5.91 Å². The normalized spacial score (nSPS) is 24.2. The van der Waals surface area contributed by atoms with Crippen LogP contribution in [0.15, 0.2) is 24.3 Å². The maximum atomic E-state index is 13.1. The predicted molar refractivity (Wildman–Crippen MR) is 102 cm³/mol. The van der Waals surface area contributed by atoms with Gasteiger partial charge >= 0.3 is 0 Å². The number of methoxy groups -OCH3 is 1. The zero-order chi connectivity index (χ0) is 18.1. The van der Waals surface area contributed by atoms with Crippen molar-refractivity contribution < 1.29 is 9.53 Å². The number of carbonyl (C=O) groups is 1. The van der Waals surface area contributed by atoms with Crippen molar-refractivity contribution >= 4 is 5.91 Å². The average Bonchev–Trinajstić information content (AvgIpc) is 3.49. The number of ether oxygens (including phenoxy) is 1. The molecular weight excluding hydrogens is 326 g/mol. The van der Waals surface area contributed by atoms with E-state index in [9.17, 15) is 4.79 Å². The minimum atomic E-state index is -0.244. The third-order valence-corrected chi connectivity index (χ3v) is 6.48. The zero-order valence-electron chi connectivity index (χ0n) is 16.1. The highest BCUT2D eigenvalue weighted by Crippen LogP contribution is 2.38. The number of nitrogens with zero attached hydrogens (tertiary/aromatic N) is 3. The van der Waals surface area contributed by atoms with Crippen molar-refractivity contribution in [3.63, 3.8) is 0 Å². The number of hydrogen-bond acceptors (Lipinski definition) is 4. The Balaban J connectivity index is 1.41. The molecule has 142 valence electrons. The van der Waals surface area contributed by atoms with Crippen LogP contribution in [0.1, 0.15) is 31.2 Å². The molecule has 0 bridgehead atoms. The summed E-state index contributed by atoms with van der Waals surface area (Å²) in [7, 11) is 3.67. The van der Waals surface area contributed by atoms with Crippen molar-refractivity contribution in [2.24, 2.45) is 5.92 Å². The van der Waals surface area contributed by atoms with E-state index in [2.05, 4.69) is 21.9 Å². The fourth-order valence-electron chi connectivity index (χ4n) is 4.56. The maximum Gasteiger partial charge on any atom is 0.242 e. The summed E-state index contributed by atoms with van der Waals surface area (Å²) in [5, 5.41) is 0. The minimum Gasteiger partial charge on any atom is -0.497 e. The Kier molecular flexibility index (Phi) is 4.93. The van der Waals surface area contributed by atoms with Crippen LogP contribution >= 0.6 is 0 Å². The molecular formula is C21H31N3O2. The quantitative estimate of drug-likeness (QED) is 0.810. The first-order valence-corrected chi connectivity index (χ1v) is 9.97. The van der Waals surface area contributed by atoms with Gasteiger partial charge in [0.1, 0.15) is 11.3 Å². The molecule has 0 atom stereocenters. The van der Waals surface area contributed by atoms with Gasteiger partial charge in [-0.15, -0.1) is 0 Å². The lowest BCUT2D eigenvalue weighted by molar-refractivity contribution is -0.154. The van der Waals surface area contributed by atoms with Crippen LogP contribution in [-0.2, 0) is 11.3 Å². The molecule has 1 aliphatic carbocycles. The van der Waals surface area contributed by atoms with E-state index in [1.54, 1.807) is 7.11 Å². The predicted octanol–water partition coefficient (Wildman–Crippen LogP) is 2.21. The molecule has 1 aromatic carbocycles. The number of carbonyl (C=O) groups excluding carboxylic acids is 1. The van der Waals surface area contributed by atoms with E-state index in [1.165, 1.54) is 18.4 Å². The number of likely N-dealkylation sites (tertiary alicyclic amines) is 1. The Bertz CT molecular complexity index is 633. The molecule has 1 amide bonds.